The molecule has 0 unspecified atom stereocenters. The molecule has 90 valence electrons. The van der Waals surface area contributed by atoms with Gasteiger partial charge in [-0.15, -0.1) is 0 Å². The molecule has 0 bridgehead atoms. The highest BCUT2D eigenvalue weighted by Gasteiger charge is 2.11. The number of nitrogens with zero attached hydrogens (tertiary/aromatic N) is 1. The van der Waals surface area contributed by atoms with Gasteiger partial charge in [-0.2, -0.15) is 17.0 Å². The molecule has 1 rings (SSSR count). The number of carboxylic acids is 1. The molecular weight excluding hydrogens is 243 g/mol. The van der Waals surface area contributed by atoms with Crippen molar-refractivity contribution >= 4 is 17.7 Å². The van der Waals surface area contributed by atoms with Crippen LogP contribution in [-0.2, 0) is 10.5 Å². The van der Waals surface area contributed by atoms with E-state index in [-0.39, 0.29) is 11.3 Å². The number of nitriles is 1. The first-order valence-electron chi connectivity index (χ1n) is 4.79. The van der Waals surface area contributed by atoms with Crippen molar-refractivity contribution in [3.63, 3.8) is 0 Å². The minimum Gasteiger partial charge on any atom is -0.480 e. The van der Waals surface area contributed by atoms with Crippen molar-refractivity contribution in [2.24, 2.45) is 5.73 Å². The number of carboxylic acid groups (broad SMARTS) is 1. The van der Waals surface area contributed by atoms with Gasteiger partial charge in [0.15, 0.2) is 0 Å². The Hall–Kier alpha value is -1.58. The minimum absolute atomic E-state index is 0.248. The number of carbonyl (C=O) groups is 1. The molecule has 0 heterocycles. The van der Waals surface area contributed by atoms with Gasteiger partial charge in [-0.05, 0) is 17.7 Å². The fourth-order valence-electron chi connectivity index (χ4n) is 1.15. The molecule has 17 heavy (non-hydrogen) atoms. The molecule has 0 fully saturated rings. The van der Waals surface area contributed by atoms with Gasteiger partial charge in [0.05, 0.1) is 11.6 Å². The Labute approximate surface area is 102 Å². The molecule has 0 saturated carbocycles. The molecule has 1 aromatic carbocycles. The number of hydrogen-bond donors (Lipinski definition) is 2. The zero-order chi connectivity index (χ0) is 12.8. The highest BCUT2D eigenvalue weighted by atomic mass is 32.2. The lowest BCUT2D eigenvalue weighted by Crippen LogP contribution is -2.32. The molecule has 6 heteroatoms. The number of benzene rings is 1. The second-order valence-electron chi connectivity index (χ2n) is 3.37. The summed E-state index contributed by atoms with van der Waals surface area (Å²) in [6.07, 6.45) is 0. The summed E-state index contributed by atoms with van der Waals surface area (Å²) in [4.78, 5) is 10.5. The van der Waals surface area contributed by atoms with Crippen LogP contribution in [0.25, 0.3) is 0 Å². The van der Waals surface area contributed by atoms with E-state index < -0.39 is 17.8 Å². The van der Waals surface area contributed by atoms with Gasteiger partial charge in [0.1, 0.15) is 11.9 Å². The van der Waals surface area contributed by atoms with Crippen molar-refractivity contribution in [1.82, 2.24) is 0 Å². The molecule has 0 saturated heterocycles. The maximum Gasteiger partial charge on any atom is 0.321 e. The standard InChI is InChI=1S/C11H11FN2O2S/c12-9-2-1-7(8(3-9)4-13)5-17-6-10(14)11(15)16/h1-3,10H,5-6,14H2,(H,15,16)/t10-/m1/s1. The second-order valence-corrected chi connectivity index (χ2v) is 4.40. The van der Waals surface area contributed by atoms with Gasteiger partial charge >= 0.3 is 5.97 Å². The van der Waals surface area contributed by atoms with Crippen LogP contribution in [0.2, 0.25) is 0 Å². The summed E-state index contributed by atoms with van der Waals surface area (Å²) in [7, 11) is 0. The Kier molecular flexibility index (Phi) is 4.94. The fourth-order valence-corrected chi connectivity index (χ4v) is 2.13. The van der Waals surface area contributed by atoms with E-state index in [0.29, 0.717) is 11.3 Å². The Morgan fingerprint density at radius 3 is 2.94 bits per heavy atom. The van der Waals surface area contributed by atoms with E-state index >= 15 is 0 Å². The minimum atomic E-state index is -1.06. The van der Waals surface area contributed by atoms with Gasteiger partial charge in [-0.1, -0.05) is 6.07 Å². The zero-order valence-electron chi connectivity index (χ0n) is 8.89. The predicted molar refractivity (Wildman–Crippen MR) is 62.9 cm³/mol. The molecule has 0 aliphatic heterocycles. The van der Waals surface area contributed by atoms with E-state index in [2.05, 4.69) is 0 Å². The van der Waals surface area contributed by atoms with Crippen molar-refractivity contribution in [1.29, 1.82) is 5.26 Å². The third-order valence-corrected chi connectivity index (χ3v) is 3.17. The first kappa shape index (κ1) is 13.5. The SMILES string of the molecule is N#Cc1cc(F)ccc1CSC[C@@H](N)C(=O)O. The molecule has 0 aromatic heterocycles. The quantitative estimate of drug-likeness (QED) is 0.828. The molecule has 4 nitrogen and oxygen atoms in total. The van der Waals surface area contributed by atoms with E-state index in [9.17, 15) is 9.18 Å². The Morgan fingerprint density at radius 1 is 1.65 bits per heavy atom. The number of aliphatic carboxylic acids is 1. The Morgan fingerprint density at radius 2 is 2.35 bits per heavy atom. The highest BCUT2D eigenvalue weighted by Crippen LogP contribution is 2.17. The summed E-state index contributed by atoms with van der Waals surface area (Å²) in [6.45, 7) is 0. The summed E-state index contributed by atoms with van der Waals surface area (Å²) >= 11 is 1.30. The fraction of sp³-hybridized carbons (Fsp3) is 0.273. The van der Waals surface area contributed by atoms with Gasteiger partial charge in [0.25, 0.3) is 0 Å². The van der Waals surface area contributed by atoms with E-state index in [1.165, 1.54) is 23.9 Å². The number of nitrogens with two attached hydrogens (primary N) is 1. The highest BCUT2D eigenvalue weighted by molar-refractivity contribution is 7.98. The van der Waals surface area contributed by atoms with Crippen molar-refractivity contribution in [3.8, 4) is 6.07 Å². The van der Waals surface area contributed by atoms with Gasteiger partial charge in [-0.3, -0.25) is 4.79 Å². The zero-order valence-corrected chi connectivity index (χ0v) is 9.71. The first-order chi connectivity index (χ1) is 8.04. The third-order valence-electron chi connectivity index (χ3n) is 2.06. The molecule has 0 spiro atoms. The summed E-state index contributed by atoms with van der Waals surface area (Å²) in [5, 5.41) is 17.4. The number of rotatable bonds is 5. The van der Waals surface area contributed by atoms with E-state index in [1.807, 2.05) is 6.07 Å². The van der Waals surface area contributed by atoms with E-state index in [1.54, 1.807) is 0 Å². The smallest absolute Gasteiger partial charge is 0.321 e. The number of hydrogen-bond acceptors (Lipinski definition) is 4. The summed E-state index contributed by atoms with van der Waals surface area (Å²) < 4.78 is 12.8. The molecule has 1 aromatic rings. The lowest BCUT2D eigenvalue weighted by molar-refractivity contribution is -0.137. The maximum atomic E-state index is 12.8. The van der Waals surface area contributed by atoms with Crippen LogP contribution < -0.4 is 5.73 Å². The van der Waals surface area contributed by atoms with E-state index in [4.69, 9.17) is 16.1 Å². The van der Waals surface area contributed by atoms with Gasteiger partial charge in [-0.25, -0.2) is 4.39 Å². The molecular formula is C11H11FN2O2S. The lowest BCUT2D eigenvalue weighted by Gasteiger charge is -2.07. The number of thioether (sulfide) groups is 1. The van der Waals surface area contributed by atoms with Crippen LogP contribution in [0.1, 0.15) is 11.1 Å². The first-order valence-corrected chi connectivity index (χ1v) is 5.94. The van der Waals surface area contributed by atoms with Crippen molar-refractivity contribution in [3.05, 3.63) is 35.1 Å². The van der Waals surface area contributed by atoms with Crippen LogP contribution >= 0.6 is 11.8 Å². The number of halogens is 1. The Balaban J connectivity index is 2.58. The van der Waals surface area contributed by atoms with Crippen molar-refractivity contribution < 1.29 is 14.3 Å². The topological polar surface area (TPSA) is 87.1 Å². The molecule has 1 atom stereocenters. The summed E-state index contributed by atoms with van der Waals surface area (Å²) in [5.74, 6) is -0.837. The van der Waals surface area contributed by atoms with Gasteiger partial charge in [0, 0.05) is 11.5 Å². The van der Waals surface area contributed by atoms with Crippen molar-refractivity contribution in [2.75, 3.05) is 5.75 Å². The van der Waals surface area contributed by atoms with Gasteiger partial charge < -0.3 is 10.8 Å². The van der Waals surface area contributed by atoms with Crippen LogP contribution in [-0.4, -0.2) is 22.9 Å². The largest absolute Gasteiger partial charge is 0.480 e. The van der Waals surface area contributed by atoms with Gasteiger partial charge in [0.2, 0.25) is 0 Å². The monoisotopic (exact) mass is 254 g/mol. The average Bonchev–Trinajstić information content (AvgIpc) is 2.30. The molecule has 0 aliphatic rings. The van der Waals surface area contributed by atoms with Crippen LogP contribution in [0.15, 0.2) is 18.2 Å². The second kappa shape index (κ2) is 6.23. The third kappa shape index (κ3) is 4.06. The Bertz CT molecular complexity index is 459. The molecule has 0 radical (unpaired) electrons. The molecule has 0 aliphatic carbocycles. The van der Waals surface area contributed by atoms with Crippen LogP contribution in [0.3, 0.4) is 0 Å². The molecule has 3 N–H and O–H groups in total. The molecule has 0 amide bonds. The van der Waals surface area contributed by atoms with Crippen molar-refractivity contribution in [2.45, 2.75) is 11.8 Å². The van der Waals surface area contributed by atoms with Crippen LogP contribution in [0.4, 0.5) is 4.39 Å². The maximum absolute atomic E-state index is 12.8. The van der Waals surface area contributed by atoms with Crippen LogP contribution in [0, 0.1) is 17.1 Å². The van der Waals surface area contributed by atoms with E-state index in [0.717, 1.165) is 6.07 Å². The summed E-state index contributed by atoms with van der Waals surface area (Å²) in [6, 6.07) is 4.92. The lowest BCUT2D eigenvalue weighted by atomic mass is 10.1. The predicted octanol–water partition coefficient (Wildman–Crippen LogP) is 1.34. The van der Waals surface area contributed by atoms with Crippen LogP contribution in [0.5, 0.6) is 0 Å². The summed E-state index contributed by atoms with van der Waals surface area (Å²) in [5.41, 5.74) is 6.27. The normalized spacial score (nSPS) is 11.8. The average molecular weight is 254 g/mol.